The standard InChI is InChI=1S/C21H26N4O/c1-15(24-16(2)26)11-17-3-5-18(6-4-17)19-12-22-20(23-13-19)25-10-9-21(14-25)7-8-21/h3-6,12-13,15H,7-11,14H2,1-2H3,(H,24,26). The SMILES string of the molecule is CC(=O)NC(C)Cc1ccc(-c2cnc(N3CCC4(CC4)C3)nc2)cc1. The summed E-state index contributed by atoms with van der Waals surface area (Å²) in [5, 5.41) is 2.92. The van der Waals surface area contributed by atoms with Gasteiger partial charge in [-0.3, -0.25) is 4.79 Å². The summed E-state index contributed by atoms with van der Waals surface area (Å²) >= 11 is 0. The summed E-state index contributed by atoms with van der Waals surface area (Å²) in [7, 11) is 0. The predicted molar refractivity (Wildman–Crippen MR) is 103 cm³/mol. The molecule has 1 aromatic heterocycles. The number of nitrogens with one attached hydrogen (secondary N) is 1. The summed E-state index contributed by atoms with van der Waals surface area (Å²) < 4.78 is 0. The number of nitrogens with zero attached hydrogens (tertiary/aromatic N) is 3. The monoisotopic (exact) mass is 350 g/mol. The fourth-order valence-electron chi connectivity index (χ4n) is 3.91. The van der Waals surface area contributed by atoms with Crippen LogP contribution >= 0.6 is 0 Å². The lowest BCUT2D eigenvalue weighted by Gasteiger charge is -2.16. The Bertz CT molecular complexity index is 781. The maximum Gasteiger partial charge on any atom is 0.225 e. The molecule has 5 heteroatoms. The Morgan fingerprint density at radius 3 is 2.42 bits per heavy atom. The van der Waals surface area contributed by atoms with E-state index in [4.69, 9.17) is 0 Å². The zero-order chi connectivity index (χ0) is 18.1. The van der Waals surface area contributed by atoms with Crippen LogP contribution in [-0.4, -0.2) is 35.0 Å². The average Bonchev–Trinajstić information content (AvgIpc) is 3.24. The Kier molecular flexibility index (Phi) is 4.39. The van der Waals surface area contributed by atoms with Crippen LogP contribution in [0, 0.1) is 5.41 Å². The molecule has 1 aliphatic heterocycles. The molecule has 1 saturated carbocycles. The first-order valence-corrected chi connectivity index (χ1v) is 9.46. The number of hydrogen-bond donors (Lipinski definition) is 1. The molecule has 2 heterocycles. The molecular formula is C21H26N4O. The first kappa shape index (κ1) is 17.0. The van der Waals surface area contributed by atoms with E-state index in [1.807, 2.05) is 19.3 Å². The van der Waals surface area contributed by atoms with Gasteiger partial charge in [-0.05, 0) is 49.1 Å². The van der Waals surface area contributed by atoms with Crippen LogP contribution in [0.5, 0.6) is 0 Å². The van der Waals surface area contributed by atoms with Gasteiger partial charge in [0.2, 0.25) is 11.9 Å². The maximum absolute atomic E-state index is 11.1. The lowest BCUT2D eigenvalue weighted by atomic mass is 10.0. The summed E-state index contributed by atoms with van der Waals surface area (Å²) in [6, 6.07) is 8.56. The Balaban J connectivity index is 1.40. The third-order valence-corrected chi connectivity index (χ3v) is 5.60. The molecular weight excluding hydrogens is 324 g/mol. The van der Waals surface area contributed by atoms with Gasteiger partial charge < -0.3 is 10.2 Å². The molecule has 1 aliphatic carbocycles. The van der Waals surface area contributed by atoms with E-state index >= 15 is 0 Å². The summed E-state index contributed by atoms with van der Waals surface area (Å²) in [4.78, 5) is 22.6. The van der Waals surface area contributed by atoms with Crippen molar-refractivity contribution in [2.45, 2.75) is 45.6 Å². The first-order valence-electron chi connectivity index (χ1n) is 9.46. The highest BCUT2D eigenvalue weighted by Gasteiger charge is 2.48. The first-order chi connectivity index (χ1) is 12.5. The molecule has 1 atom stereocenters. The number of carbonyl (C=O) groups excluding carboxylic acids is 1. The highest BCUT2D eigenvalue weighted by Crippen LogP contribution is 2.52. The van der Waals surface area contributed by atoms with E-state index < -0.39 is 0 Å². The number of amides is 1. The van der Waals surface area contributed by atoms with Crippen molar-refractivity contribution in [1.82, 2.24) is 15.3 Å². The molecule has 0 radical (unpaired) electrons. The van der Waals surface area contributed by atoms with Gasteiger partial charge in [-0.2, -0.15) is 0 Å². The third-order valence-electron chi connectivity index (χ3n) is 5.60. The minimum Gasteiger partial charge on any atom is -0.354 e. The predicted octanol–water partition coefficient (Wildman–Crippen LogP) is 3.20. The zero-order valence-corrected chi connectivity index (χ0v) is 15.5. The molecule has 1 saturated heterocycles. The second-order valence-corrected chi connectivity index (χ2v) is 7.95. The molecule has 26 heavy (non-hydrogen) atoms. The largest absolute Gasteiger partial charge is 0.354 e. The van der Waals surface area contributed by atoms with Gasteiger partial charge in [0.05, 0.1) is 0 Å². The zero-order valence-electron chi connectivity index (χ0n) is 15.5. The van der Waals surface area contributed by atoms with E-state index in [1.54, 1.807) is 6.92 Å². The second-order valence-electron chi connectivity index (χ2n) is 7.95. The fraction of sp³-hybridized carbons (Fsp3) is 0.476. The number of benzene rings is 1. The highest BCUT2D eigenvalue weighted by molar-refractivity contribution is 5.73. The molecule has 2 aliphatic rings. The van der Waals surface area contributed by atoms with Crippen LogP contribution < -0.4 is 10.2 Å². The minimum atomic E-state index is 0.0111. The highest BCUT2D eigenvalue weighted by atomic mass is 16.1. The van der Waals surface area contributed by atoms with Crippen molar-refractivity contribution in [3.8, 4) is 11.1 Å². The lowest BCUT2D eigenvalue weighted by molar-refractivity contribution is -0.119. The molecule has 1 spiro atoms. The molecule has 136 valence electrons. The van der Waals surface area contributed by atoms with Crippen LogP contribution in [0.15, 0.2) is 36.7 Å². The van der Waals surface area contributed by atoms with Gasteiger partial charge in [-0.1, -0.05) is 24.3 Å². The van der Waals surface area contributed by atoms with Crippen molar-refractivity contribution in [3.05, 3.63) is 42.2 Å². The van der Waals surface area contributed by atoms with E-state index in [2.05, 4.69) is 44.5 Å². The van der Waals surface area contributed by atoms with E-state index in [1.165, 1.54) is 24.8 Å². The van der Waals surface area contributed by atoms with Crippen molar-refractivity contribution < 1.29 is 4.79 Å². The maximum atomic E-state index is 11.1. The molecule has 1 amide bonds. The number of hydrogen-bond acceptors (Lipinski definition) is 4. The molecule has 5 nitrogen and oxygen atoms in total. The molecule has 2 fully saturated rings. The van der Waals surface area contributed by atoms with Crippen molar-refractivity contribution in [1.29, 1.82) is 0 Å². The van der Waals surface area contributed by atoms with Gasteiger partial charge in [-0.25, -0.2) is 9.97 Å². The fourth-order valence-corrected chi connectivity index (χ4v) is 3.91. The van der Waals surface area contributed by atoms with Crippen molar-refractivity contribution in [2.75, 3.05) is 18.0 Å². The topological polar surface area (TPSA) is 58.1 Å². The number of carbonyl (C=O) groups is 1. The molecule has 4 rings (SSSR count). The van der Waals surface area contributed by atoms with E-state index in [-0.39, 0.29) is 11.9 Å². The minimum absolute atomic E-state index is 0.0111. The van der Waals surface area contributed by atoms with Gasteiger partial charge in [0.25, 0.3) is 0 Å². The normalized spacial score (nSPS) is 18.8. The second kappa shape index (κ2) is 6.71. The summed E-state index contributed by atoms with van der Waals surface area (Å²) in [5.74, 6) is 0.871. The molecule has 0 bridgehead atoms. The molecule has 1 aromatic carbocycles. The Morgan fingerprint density at radius 2 is 1.85 bits per heavy atom. The Hall–Kier alpha value is -2.43. The number of rotatable bonds is 5. The quantitative estimate of drug-likeness (QED) is 0.900. The summed E-state index contributed by atoms with van der Waals surface area (Å²) in [5.41, 5.74) is 3.95. The van der Waals surface area contributed by atoms with Crippen LogP contribution in [0.2, 0.25) is 0 Å². The Labute approximate surface area is 154 Å². The lowest BCUT2D eigenvalue weighted by Crippen LogP contribution is -2.31. The van der Waals surface area contributed by atoms with Gasteiger partial charge in [0, 0.05) is 44.0 Å². The summed E-state index contributed by atoms with van der Waals surface area (Å²) in [6.45, 7) is 5.77. The van der Waals surface area contributed by atoms with Crippen molar-refractivity contribution in [2.24, 2.45) is 5.41 Å². The molecule has 1 N–H and O–H groups in total. The number of anilines is 1. The van der Waals surface area contributed by atoms with Crippen LogP contribution in [0.3, 0.4) is 0 Å². The van der Waals surface area contributed by atoms with E-state index in [0.29, 0.717) is 5.41 Å². The smallest absolute Gasteiger partial charge is 0.225 e. The molecule has 2 aromatic rings. The molecule has 1 unspecified atom stereocenters. The van der Waals surface area contributed by atoms with Crippen LogP contribution in [0.1, 0.15) is 38.7 Å². The van der Waals surface area contributed by atoms with Gasteiger partial charge >= 0.3 is 0 Å². The average molecular weight is 350 g/mol. The van der Waals surface area contributed by atoms with E-state index in [0.717, 1.165) is 36.6 Å². The third kappa shape index (κ3) is 3.71. The van der Waals surface area contributed by atoms with Crippen molar-refractivity contribution >= 4 is 11.9 Å². The van der Waals surface area contributed by atoms with Gasteiger partial charge in [0.15, 0.2) is 0 Å². The van der Waals surface area contributed by atoms with Crippen LogP contribution in [0.4, 0.5) is 5.95 Å². The number of aromatic nitrogens is 2. The van der Waals surface area contributed by atoms with Gasteiger partial charge in [-0.15, -0.1) is 0 Å². The van der Waals surface area contributed by atoms with Gasteiger partial charge in [0.1, 0.15) is 0 Å². The Morgan fingerprint density at radius 1 is 1.15 bits per heavy atom. The summed E-state index contributed by atoms with van der Waals surface area (Å²) in [6.07, 6.45) is 8.70. The van der Waals surface area contributed by atoms with E-state index in [9.17, 15) is 4.79 Å². The van der Waals surface area contributed by atoms with Crippen LogP contribution in [-0.2, 0) is 11.2 Å². The van der Waals surface area contributed by atoms with Crippen LogP contribution in [0.25, 0.3) is 11.1 Å². The van der Waals surface area contributed by atoms with Crippen molar-refractivity contribution in [3.63, 3.8) is 0 Å².